The van der Waals surface area contributed by atoms with Crippen molar-refractivity contribution in [2.24, 2.45) is 11.3 Å². The van der Waals surface area contributed by atoms with E-state index in [1.54, 1.807) is 0 Å². The first kappa shape index (κ1) is 12.1. The van der Waals surface area contributed by atoms with Crippen molar-refractivity contribution in [1.82, 2.24) is 0 Å². The highest BCUT2D eigenvalue weighted by molar-refractivity contribution is 5.49. The van der Waals surface area contributed by atoms with Crippen LogP contribution >= 0.6 is 0 Å². The molecule has 2 aliphatic rings. The molecular weight excluding hydrogens is 204 g/mol. The number of hydrogen-bond donors (Lipinski definition) is 0. The van der Waals surface area contributed by atoms with E-state index in [-0.39, 0.29) is 11.2 Å². The van der Waals surface area contributed by atoms with Crippen LogP contribution in [0.2, 0.25) is 0 Å². The van der Waals surface area contributed by atoms with Gasteiger partial charge in [0.1, 0.15) is 6.29 Å². The highest BCUT2D eigenvalue weighted by Gasteiger charge is 2.52. The van der Waals surface area contributed by atoms with E-state index >= 15 is 0 Å². The summed E-state index contributed by atoms with van der Waals surface area (Å²) in [6, 6.07) is 0. The maximum atomic E-state index is 10.6. The maximum Gasteiger partial charge on any atom is 0.171 e. The molecule has 92 valence electrons. The average molecular weight is 226 g/mol. The molecule has 0 aromatic heterocycles. The van der Waals surface area contributed by atoms with Crippen molar-refractivity contribution < 1.29 is 14.3 Å². The topological polar surface area (TPSA) is 35.5 Å². The Balaban J connectivity index is 2.17. The van der Waals surface area contributed by atoms with Gasteiger partial charge < -0.3 is 14.3 Å². The summed E-state index contributed by atoms with van der Waals surface area (Å²) in [5.74, 6) is -0.0356. The minimum absolute atomic E-state index is 0.214. The molecule has 2 rings (SSSR count). The fourth-order valence-electron chi connectivity index (χ4n) is 3.40. The standard InChI is InChI=1S/C13H22O3/c1-12(2)6-4-7-13(15-9-10-16-13)11(12)5-3-8-14/h8,11H,3-7,9-10H2,1-2H3. The second-order valence-electron chi connectivity index (χ2n) is 5.65. The predicted octanol–water partition coefficient (Wildman–Crippen LogP) is 2.53. The minimum Gasteiger partial charge on any atom is -0.347 e. The summed E-state index contributed by atoms with van der Waals surface area (Å²) in [6.45, 7) is 5.95. The van der Waals surface area contributed by atoms with Gasteiger partial charge in [0, 0.05) is 18.8 Å². The van der Waals surface area contributed by atoms with Crippen molar-refractivity contribution in [2.45, 2.75) is 51.7 Å². The summed E-state index contributed by atoms with van der Waals surface area (Å²) < 4.78 is 11.8. The van der Waals surface area contributed by atoms with Gasteiger partial charge in [-0.25, -0.2) is 0 Å². The molecule has 0 N–H and O–H groups in total. The molecule has 1 saturated carbocycles. The Morgan fingerprint density at radius 1 is 1.25 bits per heavy atom. The second-order valence-corrected chi connectivity index (χ2v) is 5.65. The number of aldehydes is 1. The van der Waals surface area contributed by atoms with E-state index in [1.165, 1.54) is 6.42 Å². The zero-order valence-corrected chi connectivity index (χ0v) is 10.3. The van der Waals surface area contributed by atoms with Crippen molar-refractivity contribution in [3.63, 3.8) is 0 Å². The maximum absolute atomic E-state index is 10.6. The van der Waals surface area contributed by atoms with Crippen LogP contribution in [0, 0.1) is 11.3 Å². The Bertz CT molecular complexity index is 254. The number of rotatable bonds is 3. The Morgan fingerprint density at radius 2 is 1.94 bits per heavy atom. The third kappa shape index (κ3) is 2.03. The van der Waals surface area contributed by atoms with Gasteiger partial charge in [-0.3, -0.25) is 0 Å². The minimum atomic E-state index is -0.384. The zero-order chi connectivity index (χ0) is 11.6. The van der Waals surface area contributed by atoms with Crippen molar-refractivity contribution in [3.8, 4) is 0 Å². The van der Waals surface area contributed by atoms with Crippen LogP contribution in [-0.4, -0.2) is 25.3 Å². The van der Waals surface area contributed by atoms with Crippen LogP contribution in [0.4, 0.5) is 0 Å². The van der Waals surface area contributed by atoms with E-state index in [9.17, 15) is 4.79 Å². The summed E-state index contributed by atoms with van der Waals surface area (Å²) in [5.41, 5.74) is 0.214. The molecule has 1 heterocycles. The molecule has 0 radical (unpaired) electrons. The van der Waals surface area contributed by atoms with Crippen LogP contribution in [0.15, 0.2) is 0 Å². The van der Waals surface area contributed by atoms with E-state index in [0.717, 1.165) is 25.5 Å². The number of hydrogen-bond acceptors (Lipinski definition) is 3. The van der Waals surface area contributed by atoms with E-state index in [0.29, 0.717) is 25.6 Å². The van der Waals surface area contributed by atoms with Crippen molar-refractivity contribution in [2.75, 3.05) is 13.2 Å². The molecule has 16 heavy (non-hydrogen) atoms. The highest BCUT2D eigenvalue weighted by atomic mass is 16.7. The SMILES string of the molecule is CC1(C)CCCC2(OCCO2)C1CCC=O. The molecule has 1 aliphatic carbocycles. The van der Waals surface area contributed by atoms with Gasteiger partial charge in [0.25, 0.3) is 0 Å². The molecule has 3 nitrogen and oxygen atoms in total. The van der Waals surface area contributed by atoms with Crippen LogP contribution in [-0.2, 0) is 14.3 Å². The highest BCUT2D eigenvalue weighted by Crippen LogP contribution is 2.51. The lowest BCUT2D eigenvalue weighted by molar-refractivity contribution is -0.241. The monoisotopic (exact) mass is 226 g/mol. The molecule has 1 saturated heterocycles. The molecule has 0 aromatic rings. The largest absolute Gasteiger partial charge is 0.347 e. The van der Waals surface area contributed by atoms with Gasteiger partial charge in [-0.05, 0) is 24.7 Å². The fraction of sp³-hybridized carbons (Fsp3) is 0.923. The van der Waals surface area contributed by atoms with Crippen LogP contribution in [0.3, 0.4) is 0 Å². The molecule has 1 atom stereocenters. The molecule has 0 amide bonds. The third-order valence-corrected chi connectivity index (χ3v) is 4.17. The van der Waals surface area contributed by atoms with E-state index < -0.39 is 0 Å². The van der Waals surface area contributed by atoms with Crippen molar-refractivity contribution in [3.05, 3.63) is 0 Å². The third-order valence-electron chi connectivity index (χ3n) is 4.17. The van der Waals surface area contributed by atoms with E-state index in [2.05, 4.69) is 13.8 Å². The summed E-state index contributed by atoms with van der Waals surface area (Å²) in [5, 5.41) is 0. The first-order valence-corrected chi connectivity index (χ1v) is 6.32. The lowest BCUT2D eigenvalue weighted by atomic mass is 9.64. The average Bonchev–Trinajstić information content (AvgIpc) is 2.66. The number of ether oxygens (including phenoxy) is 2. The summed E-state index contributed by atoms with van der Waals surface area (Å²) in [6.07, 6.45) is 5.85. The van der Waals surface area contributed by atoms with Gasteiger partial charge in [-0.15, -0.1) is 0 Å². The van der Waals surface area contributed by atoms with Crippen LogP contribution in [0.25, 0.3) is 0 Å². The van der Waals surface area contributed by atoms with Crippen molar-refractivity contribution in [1.29, 1.82) is 0 Å². The number of carbonyl (C=O) groups excluding carboxylic acids is 1. The smallest absolute Gasteiger partial charge is 0.171 e. The summed E-state index contributed by atoms with van der Waals surface area (Å²) >= 11 is 0. The quantitative estimate of drug-likeness (QED) is 0.694. The Morgan fingerprint density at radius 3 is 2.56 bits per heavy atom. The molecule has 2 fully saturated rings. The lowest BCUT2D eigenvalue weighted by Crippen LogP contribution is -2.50. The van der Waals surface area contributed by atoms with Gasteiger partial charge >= 0.3 is 0 Å². The summed E-state index contributed by atoms with van der Waals surface area (Å²) in [4.78, 5) is 10.6. The predicted molar refractivity (Wildman–Crippen MR) is 61.1 cm³/mol. The first-order valence-electron chi connectivity index (χ1n) is 6.32. The molecule has 0 bridgehead atoms. The van der Waals surface area contributed by atoms with Crippen LogP contribution in [0.5, 0.6) is 0 Å². The Kier molecular flexibility index (Phi) is 3.36. The van der Waals surface area contributed by atoms with Gasteiger partial charge in [0.05, 0.1) is 13.2 Å². The number of carbonyl (C=O) groups is 1. The van der Waals surface area contributed by atoms with Gasteiger partial charge in [0.2, 0.25) is 0 Å². The molecular formula is C13H22O3. The van der Waals surface area contributed by atoms with E-state index in [1.807, 2.05) is 0 Å². The molecule has 1 aliphatic heterocycles. The Labute approximate surface area is 97.5 Å². The van der Waals surface area contributed by atoms with Crippen LogP contribution < -0.4 is 0 Å². The normalized spacial score (nSPS) is 31.8. The second kappa shape index (κ2) is 4.46. The van der Waals surface area contributed by atoms with Gasteiger partial charge in [0.15, 0.2) is 5.79 Å². The molecule has 0 aromatic carbocycles. The molecule has 1 unspecified atom stereocenters. The van der Waals surface area contributed by atoms with Gasteiger partial charge in [-0.2, -0.15) is 0 Å². The molecule has 3 heteroatoms. The molecule has 1 spiro atoms. The van der Waals surface area contributed by atoms with Gasteiger partial charge in [-0.1, -0.05) is 13.8 Å². The Hall–Kier alpha value is -0.410. The van der Waals surface area contributed by atoms with Crippen LogP contribution in [0.1, 0.15) is 46.0 Å². The van der Waals surface area contributed by atoms with Crippen molar-refractivity contribution >= 4 is 6.29 Å². The zero-order valence-electron chi connectivity index (χ0n) is 10.3. The lowest BCUT2D eigenvalue weighted by Gasteiger charge is -2.49. The first-order chi connectivity index (χ1) is 7.61. The van der Waals surface area contributed by atoms with E-state index in [4.69, 9.17) is 9.47 Å². The summed E-state index contributed by atoms with van der Waals surface area (Å²) in [7, 11) is 0. The fourth-order valence-corrected chi connectivity index (χ4v) is 3.40.